The maximum atomic E-state index is 12.5. The molecule has 28 heavy (non-hydrogen) atoms. The van der Waals surface area contributed by atoms with Gasteiger partial charge < -0.3 is 14.5 Å². The van der Waals surface area contributed by atoms with Crippen LogP contribution in [-0.4, -0.2) is 48.9 Å². The molecule has 6 nitrogen and oxygen atoms in total. The van der Waals surface area contributed by atoms with Crippen LogP contribution in [0, 0.1) is 17.8 Å². The summed E-state index contributed by atoms with van der Waals surface area (Å²) in [7, 11) is 1.65. The number of likely N-dealkylation sites (N-methyl/N-ethyl adjacent to an activating group) is 1. The molecule has 3 rings (SSSR count). The molecule has 1 saturated heterocycles. The van der Waals surface area contributed by atoms with Gasteiger partial charge in [-0.3, -0.25) is 14.4 Å². The second kappa shape index (κ2) is 8.76. The Morgan fingerprint density at radius 2 is 1.89 bits per heavy atom. The van der Waals surface area contributed by atoms with Gasteiger partial charge >= 0.3 is 5.97 Å². The Labute approximate surface area is 166 Å². The average molecular weight is 386 g/mol. The first-order chi connectivity index (χ1) is 13.4. The zero-order valence-electron chi connectivity index (χ0n) is 17.0. The number of nitrogens with zero attached hydrogens (tertiary/aromatic N) is 2. The number of ether oxygens (including phenoxy) is 1. The summed E-state index contributed by atoms with van der Waals surface area (Å²) in [6, 6.07) is 9.41. The second-order valence-corrected chi connectivity index (χ2v) is 8.18. The van der Waals surface area contributed by atoms with E-state index < -0.39 is 11.9 Å². The van der Waals surface area contributed by atoms with Gasteiger partial charge in [0.1, 0.15) is 0 Å². The highest BCUT2D eigenvalue weighted by Gasteiger charge is 2.42. The number of esters is 1. The van der Waals surface area contributed by atoms with Gasteiger partial charge in [0.25, 0.3) is 5.91 Å². The van der Waals surface area contributed by atoms with Crippen LogP contribution < -0.4 is 4.90 Å². The molecule has 1 aliphatic carbocycles. The lowest BCUT2D eigenvalue weighted by molar-refractivity contribution is -0.151. The van der Waals surface area contributed by atoms with Gasteiger partial charge in [0.15, 0.2) is 6.61 Å². The van der Waals surface area contributed by atoms with Crippen molar-refractivity contribution >= 4 is 23.5 Å². The maximum Gasteiger partial charge on any atom is 0.311 e. The van der Waals surface area contributed by atoms with E-state index in [0.29, 0.717) is 18.4 Å². The molecule has 2 fully saturated rings. The number of carbonyl (C=O) groups is 3. The first-order valence-electron chi connectivity index (χ1n) is 10.2. The summed E-state index contributed by atoms with van der Waals surface area (Å²) in [6.07, 6.45) is 3.50. The van der Waals surface area contributed by atoms with Gasteiger partial charge in [-0.15, -0.1) is 0 Å². The van der Waals surface area contributed by atoms with E-state index in [1.54, 1.807) is 7.05 Å². The van der Waals surface area contributed by atoms with Crippen molar-refractivity contribution in [1.29, 1.82) is 0 Å². The Balaban J connectivity index is 1.52. The van der Waals surface area contributed by atoms with Crippen LogP contribution in [0.25, 0.3) is 0 Å². The molecule has 6 heteroatoms. The Hall–Kier alpha value is -2.37. The molecule has 2 amide bonds. The van der Waals surface area contributed by atoms with Crippen molar-refractivity contribution in [2.45, 2.75) is 45.6 Å². The van der Waals surface area contributed by atoms with E-state index in [4.69, 9.17) is 4.74 Å². The van der Waals surface area contributed by atoms with Crippen molar-refractivity contribution in [3.63, 3.8) is 0 Å². The molecule has 0 aromatic heterocycles. The second-order valence-electron chi connectivity index (χ2n) is 8.18. The number of amides is 2. The number of rotatable bonds is 5. The summed E-state index contributed by atoms with van der Waals surface area (Å²) in [5, 5.41) is 0. The third-order valence-corrected chi connectivity index (χ3v) is 6.41. The minimum atomic E-state index is -0.480. The first-order valence-corrected chi connectivity index (χ1v) is 10.2. The number of benzene rings is 1. The first kappa shape index (κ1) is 20.4. The van der Waals surface area contributed by atoms with Crippen LogP contribution in [0.2, 0.25) is 0 Å². The molecule has 1 heterocycles. The molecule has 1 aromatic carbocycles. The van der Waals surface area contributed by atoms with Crippen LogP contribution in [0.1, 0.15) is 39.5 Å². The highest BCUT2D eigenvalue weighted by atomic mass is 16.5. The van der Waals surface area contributed by atoms with Gasteiger partial charge in [-0.25, -0.2) is 0 Å². The highest BCUT2D eigenvalue weighted by Crippen LogP contribution is 2.35. The van der Waals surface area contributed by atoms with E-state index in [0.717, 1.165) is 18.5 Å². The third-order valence-electron chi connectivity index (χ3n) is 6.41. The monoisotopic (exact) mass is 386 g/mol. The quantitative estimate of drug-likeness (QED) is 0.730. The Morgan fingerprint density at radius 1 is 1.18 bits per heavy atom. The number of hydrogen-bond donors (Lipinski definition) is 0. The molecule has 0 spiro atoms. The summed E-state index contributed by atoms with van der Waals surface area (Å²) in [5.41, 5.74) is 0.742. The fraction of sp³-hybridized carbons (Fsp3) is 0.591. The largest absolute Gasteiger partial charge is 0.455 e. The summed E-state index contributed by atoms with van der Waals surface area (Å²) in [4.78, 5) is 40.6. The summed E-state index contributed by atoms with van der Waals surface area (Å²) in [5.74, 6) is -0.178. The molecule has 0 bridgehead atoms. The summed E-state index contributed by atoms with van der Waals surface area (Å²) < 4.78 is 5.25. The van der Waals surface area contributed by atoms with Gasteiger partial charge in [-0.05, 0) is 30.4 Å². The average Bonchev–Trinajstić information content (AvgIpc) is 3.09. The van der Waals surface area contributed by atoms with Crippen molar-refractivity contribution in [1.82, 2.24) is 4.90 Å². The highest BCUT2D eigenvalue weighted by molar-refractivity contribution is 5.95. The number of carbonyl (C=O) groups excluding carboxylic acids is 3. The fourth-order valence-electron chi connectivity index (χ4n) is 4.35. The van der Waals surface area contributed by atoms with E-state index in [2.05, 4.69) is 13.8 Å². The zero-order chi connectivity index (χ0) is 20.3. The molecule has 1 aromatic rings. The molecular weight excluding hydrogens is 356 g/mol. The molecule has 0 unspecified atom stereocenters. The lowest BCUT2D eigenvalue weighted by Gasteiger charge is -2.39. The van der Waals surface area contributed by atoms with Crippen molar-refractivity contribution in [2.24, 2.45) is 17.8 Å². The molecule has 0 radical (unpaired) electrons. The molecule has 1 aliphatic heterocycles. The van der Waals surface area contributed by atoms with Gasteiger partial charge in [0, 0.05) is 31.7 Å². The molecule has 2 aliphatic rings. The standard InChI is InChI=1S/C22H30N2O4/c1-15-8-7-11-19(16(15)2)24-13-17(12-20(24)25)22(27)28-14-21(26)23(3)18-9-5-4-6-10-18/h4-6,9-10,15-17,19H,7-8,11-14H2,1-3H3/t15-,16-,17-,19-/m1/s1. The number of para-hydroxylation sites is 1. The van der Waals surface area contributed by atoms with Crippen molar-refractivity contribution in [3.8, 4) is 0 Å². The van der Waals surface area contributed by atoms with Crippen LogP contribution in [0.15, 0.2) is 30.3 Å². The summed E-state index contributed by atoms with van der Waals surface area (Å²) in [6.45, 7) is 4.53. The zero-order valence-corrected chi connectivity index (χ0v) is 17.0. The van der Waals surface area contributed by atoms with Gasteiger partial charge in [-0.1, -0.05) is 44.9 Å². The Bertz CT molecular complexity index is 721. The van der Waals surface area contributed by atoms with Crippen molar-refractivity contribution in [3.05, 3.63) is 30.3 Å². The van der Waals surface area contributed by atoms with E-state index in [1.165, 1.54) is 11.3 Å². The maximum absolute atomic E-state index is 12.5. The van der Waals surface area contributed by atoms with Crippen LogP contribution in [0.4, 0.5) is 5.69 Å². The smallest absolute Gasteiger partial charge is 0.311 e. The van der Waals surface area contributed by atoms with Crippen LogP contribution in [0.3, 0.4) is 0 Å². The van der Waals surface area contributed by atoms with Crippen molar-refractivity contribution in [2.75, 3.05) is 25.1 Å². The predicted molar refractivity (Wildman–Crippen MR) is 107 cm³/mol. The minimum absolute atomic E-state index is 0.0284. The van der Waals surface area contributed by atoms with Crippen molar-refractivity contribution < 1.29 is 19.1 Å². The lowest BCUT2D eigenvalue weighted by Crippen LogP contribution is -2.45. The fourth-order valence-corrected chi connectivity index (χ4v) is 4.35. The van der Waals surface area contributed by atoms with Crippen LogP contribution >= 0.6 is 0 Å². The van der Waals surface area contributed by atoms with Gasteiger partial charge in [-0.2, -0.15) is 0 Å². The van der Waals surface area contributed by atoms with E-state index >= 15 is 0 Å². The van der Waals surface area contributed by atoms with Gasteiger partial charge in [0.05, 0.1) is 5.92 Å². The number of hydrogen-bond acceptors (Lipinski definition) is 4. The van der Waals surface area contributed by atoms with Crippen LogP contribution in [0.5, 0.6) is 0 Å². The molecule has 0 N–H and O–H groups in total. The van der Waals surface area contributed by atoms with Gasteiger partial charge in [0.2, 0.25) is 5.91 Å². The van der Waals surface area contributed by atoms with E-state index in [1.807, 2.05) is 35.2 Å². The Kier molecular flexibility index (Phi) is 6.37. The number of anilines is 1. The molecular formula is C22H30N2O4. The lowest BCUT2D eigenvalue weighted by atomic mass is 9.77. The molecule has 152 valence electrons. The normalized spacial score (nSPS) is 27.5. The van der Waals surface area contributed by atoms with E-state index in [9.17, 15) is 14.4 Å². The van der Waals surface area contributed by atoms with Crippen LogP contribution in [-0.2, 0) is 19.1 Å². The van der Waals surface area contributed by atoms with E-state index in [-0.39, 0.29) is 30.9 Å². The third kappa shape index (κ3) is 4.37. The minimum Gasteiger partial charge on any atom is -0.455 e. The Morgan fingerprint density at radius 3 is 2.61 bits per heavy atom. The summed E-state index contributed by atoms with van der Waals surface area (Å²) >= 11 is 0. The SMILES string of the molecule is C[C@@H]1[C@H](C)CCC[C@H]1N1C[C@H](C(=O)OCC(=O)N(C)c2ccccc2)CC1=O. The topological polar surface area (TPSA) is 66.9 Å². The number of likely N-dealkylation sites (tertiary alicyclic amines) is 1. The molecule has 4 atom stereocenters. The molecule has 1 saturated carbocycles. The predicted octanol–water partition coefficient (Wildman–Crippen LogP) is 2.87.